The zero-order valence-electron chi connectivity index (χ0n) is 16.3. The van der Waals surface area contributed by atoms with E-state index in [0.717, 1.165) is 22.4 Å². The number of rotatable bonds is 6. The first-order valence-corrected chi connectivity index (χ1v) is 9.26. The SMILES string of the molecule is CNC(=O)c1ccc(-c2ccc(CNC(=O)Cc3ccc(F)cc3)cc2)nc1C. The van der Waals surface area contributed by atoms with Crippen LogP contribution in [0.5, 0.6) is 0 Å². The minimum atomic E-state index is -0.317. The van der Waals surface area contributed by atoms with E-state index < -0.39 is 0 Å². The predicted octanol–water partition coefficient (Wildman–Crippen LogP) is 3.41. The van der Waals surface area contributed by atoms with Crippen LogP contribution in [-0.2, 0) is 17.8 Å². The van der Waals surface area contributed by atoms with Crippen LogP contribution in [0.4, 0.5) is 4.39 Å². The average molecular weight is 391 g/mol. The smallest absolute Gasteiger partial charge is 0.252 e. The van der Waals surface area contributed by atoms with Crippen molar-refractivity contribution in [2.24, 2.45) is 0 Å². The van der Waals surface area contributed by atoms with E-state index in [1.165, 1.54) is 12.1 Å². The van der Waals surface area contributed by atoms with Gasteiger partial charge in [0.2, 0.25) is 5.91 Å². The third kappa shape index (κ3) is 5.25. The molecule has 0 aliphatic rings. The van der Waals surface area contributed by atoms with Crippen molar-refractivity contribution in [3.8, 4) is 11.3 Å². The highest BCUT2D eigenvalue weighted by atomic mass is 19.1. The molecule has 148 valence electrons. The summed E-state index contributed by atoms with van der Waals surface area (Å²) >= 11 is 0. The lowest BCUT2D eigenvalue weighted by Gasteiger charge is -2.09. The molecule has 2 amide bonds. The van der Waals surface area contributed by atoms with Gasteiger partial charge in [0.1, 0.15) is 5.82 Å². The Labute approximate surface area is 169 Å². The maximum atomic E-state index is 12.9. The van der Waals surface area contributed by atoms with Crippen LogP contribution in [-0.4, -0.2) is 23.8 Å². The van der Waals surface area contributed by atoms with Gasteiger partial charge < -0.3 is 10.6 Å². The largest absolute Gasteiger partial charge is 0.355 e. The number of nitrogens with one attached hydrogen (secondary N) is 2. The fourth-order valence-electron chi connectivity index (χ4n) is 2.94. The standard InChI is InChI=1S/C23H22FN3O2/c1-15-20(23(29)25-2)11-12-21(27-15)18-7-3-17(4-8-18)14-26-22(28)13-16-5-9-19(24)10-6-16/h3-12H,13-14H2,1-2H3,(H,25,29)(H,26,28). The summed E-state index contributed by atoms with van der Waals surface area (Å²) in [5.74, 6) is -0.599. The second-order valence-corrected chi connectivity index (χ2v) is 6.69. The van der Waals surface area contributed by atoms with E-state index in [1.54, 1.807) is 32.2 Å². The molecule has 0 saturated heterocycles. The van der Waals surface area contributed by atoms with E-state index in [2.05, 4.69) is 15.6 Å². The molecule has 0 saturated carbocycles. The maximum absolute atomic E-state index is 12.9. The zero-order valence-corrected chi connectivity index (χ0v) is 16.3. The van der Waals surface area contributed by atoms with E-state index in [4.69, 9.17) is 0 Å². The van der Waals surface area contributed by atoms with E-state index in [-0.39, 0.29) is 24.1 Å². The van der Waals surface area contributed by atoms with Crippen molar-refractivity contribution in [2.75, 3.05) is 7.05 Å². The minimum Gasteiger partial charge on any atom is -0.355 e. The Hall–Kier alpha value is -3.54. The number of carbonyl (C=O) groups excluding carboxylic acids is 2. The second-order valence-electron chi connectivity index (χ2n) is 6.69. The van der Waals surface area contributed by atoms with Gasteiger partial charge in [0.25, 0.3) is 5.91 Å². The normalized spacial score (nSPS) is 10.4. The summed E-state index contributed by atoms with van der Waals surface area (Å²) < 4.78 is 12.9. The highest BCUT2D eigenvalue weighted by Gasteiger charge is 2.10. The Morgan fingerprint density at radius 1 is 0.931 bits per heavy atom. The predicted molar refractivity (Wildman–Crippen MR) is 110 cm³/mol. The lowest BCUT2D eigenvalue weighted by Crippen LogP contribution is -2.24. The van der Waals surface area contributed by atoms with Crippen LogP contribution in [0.3, 0.4) is 0 Å². The molecule has 0 radical (unpaired) electrons. The van der Waals surface area contributed by atoms with Crippen molar-refractivity contribution < 1.29 is 14.0 Å². The maximum Gasteiger partial charge on any atom is 0.252 e. The number of hydrogen-bond acceptors (Lipinski definition) is 3. The molecule has 0 bridgehead atoms. The van der Waals surface area contributed by atoms with Crippen LogP contribution < -0.4 is 10.6 Å². The molecule has 5 nitrogen and oxygen atoms in total. The van der Waals surface area contributed by atoms with Crippen molar-refractivity contribution in [2.45, 2.75) is 19.9 Å². The van der Waals surface area contributed by atoms with E-state index in [1.807, 2.05) is 30.3 Å². The molecule has 3 aromatic rings. The molecule has 29 heavy (non-hydrogen) atoms. The molecule has 0 atom stereocenters. The lowest BCUT2D eigenvalue weighted by atomic mass is 10.1. The Bertz CT molecular complexity index is 1020. The highest BCUT2D eigenvalue weighted by molar-refractivity contribution is 5.95. The number of nitrogens with zero attached hydrogens (tertiary/aromatic N) is 1. The molecule has 1 aromatic heterocycles. The number of pyridine rings is 1. The van der Waals surface area contributed by atoms with E-state index in [9.17, 15) is 14.0 Å². The number of amides is 2. The Balaban J connectivity index is 1.60. The van der Waals surface area contributed by atoms with E-state index in [0.29, 0.717) is 17.8 Å². The van der Waals surface area contributed by atoms with Gasteiger partial charge >= 0.3 is 0 Å². The van der Waals surface area contributed by atoms with Gasteiger partial charge in [-0.3, -0.25) is 14.6 Å². The molecule has 0 unspecified atom stereocenters. The van der Waals surface area contributed by atoms with Crippen molar-refractivity contribution in [3.63, 3.8) is 0 Å². The fourth-order valence-corrected chi connectivity index (χ4v) is 2.94. The van der Waals surface area contributed by atoms with Gasteiger partial charge in [-0.2, -0.15) is 0 Å². The molecule has 0 spiro atoms. The van der Waals surface area contributed by atoms with Crippen LogP contribution in [0.25, 0.3) is 11.3 Å². The number of hydrogen-bond donors (Lipinski definition) is 2. The van der Waals surface area contributed by atoms with Gasteiger partial charge in [0.15, 0.2) is 0 Å². The molecule has 3 rings (SSSR count). The number of benzene rings is 2. The minimum absolute atomic E-state index is 0.122. The fraction of sp³-hybridized carbons (Fsp3) is 0.174. The molecular weight excluding hydrogens is 369 g/mol. The summed E-state index contributed by atoms with van der Waals surface area (Å²) in [5, 5.41) is 5.46. The molecule has 0 fully saturated rings. The van der Waals surface area contributed by atoms with Gasteiger partial charge in [-0.1, -0.05) is 36.4 Å². The Morgan fingerprint density at radius 3 is 2.21 bits per heavy atom. The molecule has 1 heterocycles. The molecular formula is C23H22FN3O2. The first kappa shape index (κ1) is 20.2. The van der Waals surface area contributed by atoms with Gasteiger partial charge in [0, 0.05) is 19.2 Å². The molecule has 2 N–H and O–H groups in total. The van der Waals surface area contributed by atoms with Gasteiger partial charge in [-0.15, -0.1) is 0 Å². The van der Waals surface area contributed by atoms with Crippen molar-refractivity contribution >= 4 is 11.8 Å². The van der Waals surface area contributed by atoms with Gasteiger partial charge in [0.05, 0.1) is 23.4 Å². The topological polar surface area (TPSA) is 71.1 Å². The Kier molecular flexibility index (Phi) is 6.34. The first-order valence-electron chi connectivity index (χ1n) is 9.26. The number of aromatic nitrogens is 1. The van der Waals surface area contributed by atoms with Crippen molar-refractivity contribution in [1.29, 1.82) is 0 Å². The number of aryl methyl sites for hydroxylation is 1. The third-order valence-corrected chi connectivity index (χ3v) is 4.57. The van der Waals surface area contributed by atoms with Crippen LogP contribution in [0.2, 0.25) is 0 Å². The van der Waals surface area contributed by atoms with Gasteiger partial charge in [-0.05, 0) is 42.3 Å². The third-order valence-electron chi connectivity index (χ3n) is 4.57. The molecule has 0 aliphatic carbocycles. The van der Waals surface area contributed by atoms with E-state index >= 15 is 0 Å². The molecule has 2 aromatic carbocycles. The highest BCUT2D eigenvalue weighted by Crippen LogP contribution is 2.20. The summed E-state index contributed by atoms with van der Waals surface area (Å²) in [6, 6.07) is 17.2. The number of carbonyl (C=O) groups is 2. The van der Waals surface area contributed by atoms with Crippen molar-refractivity contribution in [3.05, 3.63) is 88.9 Å². The first-order chi connectivity index (χ1) is 14.0. The summed E-state index contributed by atoms with van der Waals surface area (Å²) in [7, 11) is 1.59. The van der Waals surface area contributed by atoms with Crippen LogP contribution in [0.1, 0.15) is 27.2 Å². The van der Waals surface area contributed by atoms with Crippen LogP contribution in [0.15, 0.2) is 60.7 Å². The summed E-state index contributed by atoms with van der Waals surface area (Å²) in [4.78, 5) is 28.4. The average Bonchev–Trinajstić information content (AvgIpc) is 2.73. The summed E-state index contributed by atoms with van der Waals surface area (Å²) in [5.41, 5.74) is 4.65. The van der Waals surface area contributed by atoms with Crippen LogP contribution >= 0.6 is 0 Å². The Morgan fingerprint density at radius 2 is 1.59 bits per heavy atom. The number of halogens is 1. The van der Waals surface area contributed by atoms with Crippen LogP contribution in [0, 0.1) is 12.7 Å². The quantitative estimate of drug-likeness (QED) is 0.676. The molecule has 0 aliphatic heterocycles. The second kappa shape index (κ2) is 9.10. The summed E-state index contributed by atoms with van der Waals surface area (Å²) in [6.45, 7) is 2.21. The van der Waals surface area contributed by atoms with Gasteiger partial charge in [-0.25, -0.2) is 4.39 Å². The monoisotopic (exact) mass is 391 g/mol. The zero-order chi connectivity index (χ0) is 20.8. The summed E-state index contributed by atoms with van der Waals surface area (Å²) in [6.07, 6.45) is 0.208. The lowest BCUT2D eigenvalue weighted by molar-refractivity contribution is -0.120. The van der Waals surface area contributed by atoms with Crippen molar-refractivity contribution in [1.82, 2.24) is 15.6 Å². The molecule has 6 heteroatoms.